The van der Waals surface area contributed by atoms with Gasteiger partial charge in [0.1, 0.15) is 12.4 Å². The minimum Gasteiger partial charge on any atom is -0.406 e. The van der Waals surface area contributed by atoms with Crippen molar-refractivity contribution in [1.29, 1.82) is 0 Å². The first-order chi connectivity index (χ1) is 13.8. The molecular weight excluding hydrogens is 391 g/mol. The standard InChI is InChI=1S/C19H22F3N3O4/c20-19(21,22)29-14-3-1-2-12(8-14)13-4-6-24(9-13)18(27)25-7-5-16-15(10-25)23-17(26)11-28-16/h1-3,8,13,15-16H,4-7,9-11H2,(H,23,26)/t13?,15-,16?/m1/s1. The van der Waals surface area contributed by atoms with Crippen LogP contribution < -0.4 is 10.1 Å². The first-order valence-corrected chi connectivity index (χ1v) is 9.59. The minimum atomic E-state index is -4.74. The van der Waals surface area contributed by atoms with Crippen molar-refractivity contribution in [3.63, 3.8) is 0 Å². The van der Waals surface area contributed by atoms with Crippen LogP contribution in [-0.2, 0) is 9.53 Å². The van der Waals surface area contributed by atoms with Gasteiger partial charge in [-0.25, -0.2) is 4.79 Å². The van der Waals surface area contributed by atoms with Crippen molar-refractivity contribution in [3.8, 4) is 5.75 Å². The highest BCUT2D eigenvalue weighted by molar-refractivity contribution is 5.79. The normalized spacial score (nSPS) is 27.4. The Bertz CT molecular complexity index is 788. The lowest BCUT2D eigenvalue weighted by Gasteiger charge is -2.42. The van der Waals surface area contributed by atoms with Gasteiger partial charge in [-0.1, -0.05) is 12.1 Å². The first kappa shape index (κ1) is 19.8. The number of hydrogen-bond donors (Lipinski definition) is 1. The molecule has 3 aliphatic heterocycles. The molecule has 3 aliphatic rings. The molecule has 4 rings (SSSR count). The smallest absolute Gasteiger partial charge is 0.406 e. The quantitative estimate of drug-likeness (QED) is 0.806. The molecule has 3 fully saturated rings. The number of benzene rings is 1. The largest absolute Gasteiger partial charge is 0.573 e. The molecule has 3 heterocycles. The topological polar surface area (TPSA) is 71.1 Å². The molecule has 10 heteroatoms. The number of nitrogens with one attached hydrogen (secondary N) is 1. The van der Waals surface area contributed by atoms with E-state index in [0.29, 0.717) is 44.6 Å². The molecule has 3 amide bonds. The molecular formula is C19H22F3N3O4. The number of morpholine rings is 1. The Kier molecular flexibility index (Phi) is 5.28. The van der Waals surface area contributed by atoms with Gasteiger partial charge in [0, 0.05) is 32.1 Å². The van der Waals surface area contributed by atoms with Gasteiger partial charge >= 0.3 is 12.4 Å². The summed E-state index contributed by atoms with van der Waals surface area (Å²) in [5, 5.41) is 2.87. The summed E-state index contributed by atoms with van der Waals surface area (Å²) < 4.78 is 46.9. The molecule has 29 heavy (non-hydrogen) atoms. The number of fused-ring (bicyclic) bond motifs is 1. The Labute approximate surface area is 165 Å². The van der Waals surface area contributed by atoms with E-state index in [1.54, 1.807) is 15.9 Å². The van der Waals surface area contributed by atoms with Gasteiger partial charge in [-0.3, -0.25) is 4.79 Å². The molecule has 1 aromatic rings. The van der Waals surface area contributed by atoms with E-state index in [-0.39, 0.29) is 42.4 Å². The van der Waals surface area contributed by atoms with Crippen molar-refractivity contribution in [1.82, 2.24) is 15.1 Å². The highest BCUT2D eigenvalue weighted by Crippen LogP contribution is 2.32. The van der Waals surface area contributed by atoms with Crippen molar-refractivity contribution in [2.24, 2.45) is 0 Å². The third kappa shape index (κ3) is 4.58. The number of halogens is 3. The summed E-state index contributed by atoms with van der Waals surface area (Å²) in [5.41, 5.74) is 0.716. The molecule has 2 unspecified atom stereocenters. The van der Waals surface area contributed by atoms with E-state index in [2.05, 4.69) is 10.1 Å². The number of nitrogens with zero attached hydrogens (tertiary/aromatic N) is 2. The van der Waals surface area contributed by atoms with Gasteiger partial charge in [-0.2, -0.15) is 0 Å². The van der Waals surface area contributed by atoms with Crippen LogP contribution in [0.3, 0.4) is 0 Å². The van der Waals surface area contributed by atoms with Crippen LogP contribution in [0.25, 0.3) is 0 Å². The Hall–Kier alpha value is -2.49. The van der Waals surface area contributed by atoms with Gasteiger partial charge in [0.05, 0.1) is 12.1 Å². The third-order valence-electron chi connectivity index (χ3n) is 5.62. The predicted molar refractivity (Wildman–Crippen MR) is 95.3 cm³/mol. The Morgan fingerprint density at radius 2 is 1.93 bits per heavy atom. The van der Waals surface area contributed by atoms with Crippen LogP contribution >= 0.6 is 0 Å². The van der Waals surface area contributed by atoms with Crippen LogP contribution in [0, 0.1) is 0 Å². The number of rotatable bonds is 2. The molecule has 0 saturated carbocycles. The zero-order valence-electron chi connectivity index (χ0n) is 15.7. The van der Waals surface area contributed by atoms with Crippen LogP contribution in [0.1, 0.15) is 24.3 Å². The molecule has 0 radical (unpaired) electrons. The van der Waals surface area contributed by atoms with E-state index in [1.807, 2.05) is 0 Å². The second-order valence-corrected chi connectivity index (χ2v) is 7.59. The summed E-state index contributed by atoms with van der Waals surface area (Å²) in [4.78, 5) is 27.9. The maximum absolute atomic E-state index is 12.9. The average molecular weight is 413 g/mol. The number of hydrogen-bond acceptors (Lipinski definition) is 4. The molecule has 1 aromatic carbocycles. The van der Waals surface area contributed by atoms with E-state index in [9.17, 15) is 22.8 Å². The zero-order valence-corrected chi connectivity index (χ0v) is 15.7. The van der Waals surface area contributed by atoms with Gasteiger partial charge in [-0.05, 0) is 30.5 Å². The molecule has 1 N–H and O–H groups in total. The second-order valence-electron chi connectivity index (χ2n) is 7.59. The fourth-order valence-corrected chi connectivity index (χ4v) is 4.25. The number of likely N-dealkylation sites (tertiary alicyclic amines) is 2. The lowest BCUT2D eigenvalue weighted by Crippen LogP contribution is -2.62. The number of piperidine rings is 1. The van der Waals surface area contributed by atoms with Crippen molar-refractivity contribution < 1.29 is 32.2 Å². The van der Waals surface area contributed by atoms with Gasteiger partial charge < -0.3 is 24.6 Å². The first-order valence-electron chi connectivity index (χ1n) is 9.59. The third-order valence-corrected chi connectivity index (χ3v) is 5.62. The van der Waals surface area contributed by atoms with Gasteiger partial charge in [0.2, 0.25) is 5.91 Å². The molecule has 0 bridgehead atoms. The number of alkyl halides is 3. The maximum atomic E-state index is 12.9. The lowest BCUT2D eigenvalue weighted by molar-refractivity contribution is -0.274. The second kappa shape index (κ2) is 7.74. The van der Waals surface area contributed by atoms with E-state index in [1.165, 1.54) is 18.2 Å². The average Bonchev–Trinajstić information content (AvgIpc) is 3.16. The molecule has 0 aromatic heterocycles. The van der Waals surface area contributed by atoms with Gasteiger partial charge in [0.25, 0.3) is 0 Å². The SMILES string of the molecule is O=C1COC2CCN(C(=O)N3CCC(c4cccc(OC(F)(F)F)c4)C3)C[C@H]2N1. The van der Waals surface area contributed by atoms with Crippen molar-refractivity contribution in [3.05, 3.63) is 29.8 Å². The minimum absolute atomic E-state index is 0.0500. The van der Waals surface area contributed by atoms with Crippen LogP contribution in [0.15, 0.2) is 24.3 Å². The molecule has 0 spiro atoms. The zero-order chi connectivity index (χ0) is 20.6. The summed E-state index contributed by atoms with van der Waals surface area (Å²) in [6, 6.07) is 5.60. The Morgan fingerprint density at radius 1 is 1.17 bits per heavy atom. The molecule has 3 saturated heterocycles. The highest BCUT2D eigenvalue weighted by Gasteiger charge is 2.39. The van der Waals surface area contributed by atoms with Gasteiger partial charge in [0.15, 0.2) is 0 Å². The number of carbonyl (C=O) groups is 2. The summed E-state index contributed by atoms with van der Waals surface area (Å²) in [5.74, 6) is -0.483. The number of amides is 3. The fraction of sp³-hybridized carbons (Fsp3) is 0.579. The van der Waals surface area contributed by atoms with Crippen molar-refractivity contribution in [2.75, 3.05) is 32.8 Å². The van der Waals surface area contributed by atoms with Crippen molar-refractivity contribution in [2.45, 2.75) is 37.3 Å². The summed E-state index contributed by atoms with van der Waals surface area (Å²) in [7, 11) is 0. The van der Waals surface area contributed by atoms with E-state index >= 15 is 0 Å². The van der Waals surface area contributed by atoms with E-state index in [0.717, 1.165) is 0 Å². The monoisotopic (exact) mass is 413 g/mol. The maximum Gasteiger partial charge on any atom is 0.573 e. The Morgan fingerprint density at radius 3 is 2.72 bits per heavy atom. The fourth-order valence-electron chi connectivity index (χ4n) is 4.25. The summed E-state index contributed by atoms with van der Waals surface area (Å²) in [6.07, 6.45) is -3.48. The molecule has 3 atom stereocenters. The summed E-state index contributed by atoms with van der Waals surface area (Å²) in [6.45, 7) is 1.96. The van der Waals surface area contributed by atoms with Crippen molar-refractivity contribution >= 4 is 11.9 Å². The summed E-state index contributed by atoms with van der Waals surface area (Å²) >= 11 is 0. The van der Waals surface area contributed by atoms with Crippen LogP contribution in [0.5, 0.6) is 5.75 Å². The number of carbonyl (C=O) groups excluding carboxylic acids is 2. The van der Waals surface area contributed by atoms with Crippen LogP contribution in [-0.4, -0.2) is 73.0 Å². The molecule has 7 nitrogen and oxygen atoms in total. The Balaban J connectivity index is 1.37. The predicted octanol–water partition coefficient (Wildman–Crippen LogP) is 2.08. The highest BCUT2D eigenvalue weighted by atomic mass is 19.4. The van der Waals surface area contributed by atoms with E-state index < -0.39 is 6.36 Å². The molecule has 0 aliphatic carbocycles. The number of ether oxygens (including phenoxy) is 2. The van der Waals surface area contributed by atoms with Crippen LogP contribution in [0.2, 0.25) is 0 Å². The van der Waals surface area contributed by atoms with E-state index in [4.69, 9.17) is 4.74 Å². The molecule has 158 valence electrons. The number of urea groups is 1. The lowest BCUT2D eigenvalue weighted by atomic mass is 9.98. The van der Waals surface area contributed by atoms with Crippen LogP contribution in [0.4, 0.5) is 18.0 Å². The van der Waals surface area contributed by atoms with Gasteiger partial charge in [-0.15, -0.1) is 13.2 Å².